The summed E-state index contributed by atoms with van der Waals surface area (Å²) in [5.41, 5.74) is 8.39. The van der Waals surface area contributed by atoms with E-state index in [1.54, 1.807) is 4.90 Å². The predicted molar refractivity (Wildman–Crippen MR) is 101 cm³/mol. The molecule has 28 heavy (non-hydrogen) atoms. The highest BCUT2D eigenvalue weighted by Crippen LogP contribution is 2.30. The second-order valence-corrected chi connectivity index (χ2v) is 7.67. The molecule has 0 bridgehead atoms. The van der Waals surface area contributed by atoms with Gasteiger partial charge >= 0.3 is 0 Å². The van der Waals surface area contributed by atoms with E-state index in [1.807, 2.05) is 18.2 Å². The van der Waals surface area contributed by atoms with Crippen LogP contribution in [0.3, 0.4) is 0 Å². The summed E-state index contributed by atoms with van der Waals surface area (Å²) >= 11 is 0. The predicted octanol–water partition coefficient (Wildman–Crippen LogP) is -0.00280. The Bertz CT molecular complexity index is 796. The molecular formula is C20H26N4O4. The molecule has 2 saturated heterocycles. The van der Waals surface area contributed by atoms with Crippen LogP contribution in [0.5, 0.6) is 0 Å². The highest BCUT2D eigenvalue weighted by atomic mass is 16.5. The average molecular weight is 386 g/mol. The third-order valence-electron chi connectivity index (χ3n) is 5.73. The number of amides is 3. The lowest BCUT2D eigenvalue weighted by Gasteiger charge is -2.29. The summed E-state index contributed by atoms with van der Waals surface area (Å²) in [5.74, 6) is -0.778. The van der Waals surface area contributed by atoms with Gasteiger partial charge in [0.25, 0.3) is 5.91 Å². The van der Waals surface area contributed by atoms with Gasteiger partial charge in [-0.15, -0.1) is 0 Å². The van der Waals surface area contributed by atoms with Gasteiger partial charge in [-0.2, -0.15) is 0 Å². The number of benzene rings is 1. The molecule has 4 rings (SSSR count). The third kappa shape index (κ3) is 3.67. The van der Waals surface area contributed by atoms with Gasteiger partial charge in [-0.25, -0.2) is 0 Å². The van der Waals surface area contributed by atoms with Gasteiger partial charge in [0.1, 0.15) is 6.04 Å². The van der Waals surface area contributed by atoms with Gasteiger partial charge in [0.2, 0.25) is 11.8 Å². The summed E-state index contributed by atoms with van der Waals surface area (Å²) < 4.78 is 5.74. The van der Waals surface area contributed by atoms with Crippen LogP contribution >= 0.6 is 0 Å². The molecule has 3 aliphatic heterocycles. The van der Waals surface area contributed by atoms with Crippen LogP contribution in [-0.2, 0) is 27.4 Å². The number of nitrogens with one attached hydrogen (secondary N) is 1. The molecule has 0 aromatic heterocycles. The van der Waals surface area contributed by atoms with Crippen molar-refractivity contribution in [1.29, 1.82) is 0 Å². The molecule has 1 aromatic rings. The largest absolute Gasteiger partial charge is 0.376 e. The highest BCUT2D eigenvalue weighted by molar-refractivity contribution is 6.05. The van der Waals surface area contributed by atoms with E-state index in [-0.39, 0.29) is 30.2 Å². The Morgan fingerprint density at radius 3 is 2.89 bits per heavy atom. The Labute approximate surface area is 164 Å². The minimum absolute atomic E-state index is 0.00920. The fraction of sp³-hybridized carbons (Fsp3) is 0.550. The van der Waals surface area contributed by atoms with Crippen LogP contribution < -0.4 is 11.1 Å². The van der Waals surface area contributed by atoms with Gasteiger partial charge in [-0.3, -0.25) is 24.6 Å². The van der Waals surface area contributed by atoms with Gasteiger partial charge in [-0.05, 0) is 24.0 Å². The van der Waals surface area contributed by atoms with Crippen molar-refractivity contribution >= 4 is 17.7 Å². The normalized spacial score (nSPS) is 26.2. The van der Waals surface area contributed by atoms with Gasteiger partial charge < -0.3 is 15.4 Å². The molecule has 3 amide bonds. The van der Waals surface area contributed by atoms with E-state index in [1.165, 1.54) is 0 Å². The Hall–Kier alpha value is -2.29. The fourth-order valence-electron chi connectivity index (χ4n) is 4.32. The molecule has 0 saturated carbocycles. The summed E-state index contributed by atoms with van der Waals surface area (Å²) in [6.45, 7) is 3.87. The van der Waals surface area contributed by atoms with Crippen LogP contribution in [0, 0.1) is 0 Å². The maximum atomic E-state index is 13.2. The maximum absolute atomic E-state index is 13.2. The monoisotopic (exact) mass is 386 g/mol. The fourth-order valence-corrected chi connectivity index (χ4v) is 4.32. The second-order valence-electron chi connectivity index (χ2n) is 7.67. The Morgan fingerprint density at radius 2 is 2.11 bits per heavy atom. The molecule has 1 aromatic carbocycles. The van der Waals surface area contributed by atoms with Crippen molar-refractivity contribution in [3.8, 4) is 0 Å². The highest BCUT2D eigenvalue weighted by Gasteiger charge is 2.40. The number of rotatable bonds is 4. The number of fused-ring (bicyclic) bond motifs is 1. The summed E-state index contributed by atoms with van der Waals surface area (Å²) in [6.07, 6.45) is 1.58. The first-order chi connectivity index (χ1) is 13.6. The van der Waals surface area contributed by atoms with Gasteiger partial charge in [0, 0.05) is 51.3 Å². The van der Waals surface area contributed by atoms with Crippen LogP contribution in [0.4, 0.5) is 0 Å². The van der Waals surface area contributed by atoms with Gasteiger partial charge in [0.15, 0.2) is 0 Å². The molecule has 3 aliphatic rings. The molecule has 2 fully saturated rings. The molecule has 3 heterocycles. The van der Waals surface area contributed by atoms with Crippen molar-refractivity contribution in [2.75, 3.05) is 26.2 Å². The number of carbonyl (C=O) groups is 3. The van der Waals surface area contributed by atoms with Crippen molar-refractivity contribution in [1.82, 2.24) is 15.1 Å². The second kappa shape index (κ2) is 7.98. The number of hydrogen-bond donors (Lipinski definition) is 2. The van der Waals surface area contributed by atoms with Crippen molar-refractivity contribution in [2.45, 2.75) is 44.5 Å². The van der Waals surface area contributed by atoms with Crippen LogP contribution in [-0.4, -0.2) is 65.9 Å². The Morgan fingerprint density at radius 1 is 1.25 bits per heavy atom. The van der Waals surface area contributed by atoms with Crippen molar-refractivity contribution in [2.24, 2.45) is 5.73 Å². The first-order valence-corrected chi connectivity index (χ1v) is 9.86. The standard InChI is InChI=1S/C20H26N4O4/c21-9-15-12-23(7-2-8-28-15)10-13-3-1-4-14-11-24(20(27)18(13)14)16-5-6-17(25)22-19(16)26/h1,3-4,15-16H,2,5-12,21H2,(H,22,25,26). The van der Waals surface area contributed by atoms with Crippen LogP contribution in [0.15, 0.2) is 18.2 Å². The topological polar surface area (TPSA) is 105 Å². The lowest BCUT2D eigenvalue weighted by Crippen LogP contribution is -2.52. The number of hydrogen-bond acceptors (Lipinski definition) is 6. The minimum atomic E-state index is -0.585. The van der Waals surface area contributed by atoms with Crippen molar-refractivity contribution in [3.05, 3.63) is 34.9 Å². The van der Waals surface area contributed by atoms with Crippen LogP contribution in [0.1, 0.15) is 40.7 Å². The molecule has 8 nitrogen and oxygen atoms in total. The van der Waals surface area contributed by atoms with Gasteiger partial charge in [-0.1, -0.05) is 18.2 Å². The zero-order chi connectivity index (χ0) is 19.7. The molecule has 0 aliphatic carbocycles. The van der Waals surface area contributed by atoms with E-state index in [9.17, 15) is 14.4 Å². The van der Waals surface area contributed by atoms with Crippen molar-refractivity contribution < 1.29 is 19.1 Å². The number of nitrogens with two attached hydrogens (primary N) is 1. The number of carbonyl (C=O) groups excluding carboxylic acids is 3. The summed E-state index contributed by atoms with van der Waals surface area (Å²) in [5, 5.41) is 2.35. The number of imide groups is 1. The molecule has 8 heteroatoms. The molecule has 2 unspecified atom stereocenters. The van der Waals surface area contributed by atoms with Crippen molar-refractivity contribution in [3.63, 3.8) is 0 Å². The van der Waals surface area contributed by atoms with Crippen LogP contribution in [0.2, 0.25) is 0 Å². The first-order valence-electron chi connectivity index (χ1n) is 9.86. The lowest BCUT2D eigenvalue weighted by molar-refractivity contribution is -0.136. The quantitative estimate of drug-likeness (QED) is 0.706. The molecule has 150 valence electrons. The lowest BCUT2D eigenvalue weighted by atomic mass is 10.0. The SMILES string of the molecule is NCC1CN(Cc2cccc3c2C(=O)N(C2CCC(=O)NC2=O)C3)CCCO1. The minimum Gasteiger partial charge on any atom is -0.376 e. The maximum Gasteiger partial charge on any atom is 0.255 e. The van der Waals surface area contributed by atoms with E-state index >= 15 is 0 Å². The smallest absolute Gasteiger partial charge is 0.255 e. The van der Waals surface area contributed by atoms with E-state index in [2.05, 4.69) is 10.2 Å². The number of ether oxygens (including phenoxy) is 1. The number of nitrogens with zero attached hydrogens (tertiary/aromatic N) is 2. The van der Waals surface area contributed by atoms with E-state index in [0.29, 0.717) is 38.2 Å². The Balaban J connectivity index is 1.53. The zero-order valence-electron chi connectivity index (χ0n) is 15.9. The molecule has 0 radical (unpaired) electrons. The summed E-state index contributed by atoms with van der Waals surface area (Å²) in [6, 6.07) is 5.30. The zero-order valence-corrected chi connectivity index (χ0v) is 15.9. The average Bonchev–Trinajstić information content (AvgIpc) is 2.86. The van der Waals surface area contributed by atoms with Gasteiger partial charge in [0.05, 0.1) is 6.10 Å². The van der Waals surface area contributed by atoms with E-state index in [4.69, 9.17) is 10.5 Å². The summed E-state index contributed by atoms with van der Waals surface area (Å²) in [4.78, 5) is 40.7. The van der Waals surface area contributed by atoms with E-state index in [0.717, 1.165) is 30.6 Å². The summed E-state index contributed by atoms with van der Waals surface area (Å²) in [7, 11) is 0. The molecule has 3 N–H and O–H groups in total. The number of piperidine rings is 1. The molecular weight excluding hydrogens is 360 g/mol. The first kappa shape index (κ1) is 19.0. The molecule has 0 spiro atoms. The third-order valence-corrected chi connectivity index (χ3v) is 5.73. The van der Waals surface area contributed by atoms with Crippen LogP contribution in [0.25, 0.3) is 0 Å². The van der Waals surface area contributed by atoms with E-state index < -0.39 is 6.04 Å². The molecule has 2 atom stereocenters. The Kier molecular flexibility index (Phi) is 5.43.